The molecule has 1 aliphatic carbocycles. The van der Waals surface area contributed by atoms with Gasteiger partial charge in [-0.2, -0.15) is 0 Å². The minimum Gasteiger partial charge on any atom is -0.465 e. The van der Waals surface area contributed by atoms with E-state index < -0.39 is 17.8 Å². The third-order valence-electron chi connectivity index (χ3n) is 7.26. The van der Waals surface area contributed by atoms with Gasteiger partial charge in [-0.25, -0.2) is 0 Å². The summed E-state index contributed by atoms with van der Waals surface area (Å²) >= 11 is 18.7. The summed E-state index contributed by atoms with van der Waals surface area (Å²) in [7, 11) is 0. The maximum Gasteiger partial charge on any atom is 0.315 e. The van der Waals surface area contributed by atoms with Crippen LogP contribution in [-0.4, -0.2) is 24.1 Å². The lowest BCUT2D eigenvalue weighted by Crippen LogP contribution is -2.38. The Morgan fingerprint density at radius 1 is 0.921 bits per heavy atom. The Bertz CT molecular complexity index is 1430. The lowest BCUT2D eigenvalue weighted by molar-refractivity contribution is -0.146. The minimum atomic E-state index is -0.738. The van der Waals surface area contributed by atoms with Gasteiger partial charge >= 0.3 is 5.97 Å². The summed E-state index contributed by atoms with van der Waals surface area (Å²) in [5.41, 5.74) is 4.75. The molecule has 0 saturated carbocycles. The quantitative estimate of drug-likeness (QED) is 0.284. The fraction of sp³-hybridized carbons (Fsp3) is 0.258. The van der Waals surface area contributed by atoms with Crippen LogP contribution in [0, 0.1) is 5.92 Å². The predicted molar refractivity (Wildman–Crippen MR) is 152 cm³/mol. The van der Waals surface area contributed by atoms with E-state index >= 15 is 0 Å². The summed E-state index contributed by atoms with van der Waals surface area (Å²) in [4.78, 5) is 32.1. The zero-order valence-electron chi connectivity index (χ0n) is 20.8. The molecule has 5 rings (SSSR count). The average Bonchev–Trinajstić information content (AvgIpc) is 2.90. The zero-order chi connectivity index (χ0) is 26.8. The topological polar surface area (TPSA) is 55.7 Å². The van der Waals surface area contributed by atoms with Crippen molar-refractivity contribution in [3.8, 4) is 0 Å². The number of aliphatic imine (C=N–C) groups is 1. The lowest BCUT2D eigenvalue weighted by atomic mass is 9.69. The Kier molecular flexibility index (Phi) is 8.04. The van der Waals surface area contributed by atoms with Crippen molar-refractivity contribution in [1.29, 1.82) is 0 Å². The van der Waals surface area contributed by atoms with Crippen molar-refractivity contribution in [3.05, 3.63) is 116 Å². The number of ether oxygens (including phenoxy) is 1. The average molecular weight is 567 g/mol. The summed E-state index contributed by atoms with van der Waals surface area (Å²) in [5, 5.41) is 1.42. The maximum atomic E-state index is 13.7. The van der Waals surface area contributed by atoms with Crippen LogP contribution < -0.4 is 0 Å². The molecule has 0 aromatic heterocycles. The van der Waals surface area contributed by atoms with Crippen molar-refractivity contribution < 1.29 is 14.3 Å². The smallest absolute Gasteiger partial charge is 0.315 e. The summed E-state index contributed by atoms with van der Waals surface area (Å²) < 4.78 is 5.75. The second-order valence-electron chi connectivity index (χ2n) is 9.73. The number of Topliss-reactive ketones (excluding diaryl/α,β-unsaturated/α-hetero) is 1. The van der Waals surface area contributed by atoms with Gasteiger partial charge in [0.15, 0.2) is 5.78 Å². The maximum absolute atomic E-state index is 13.7. The van der Waals surface area contributed by atoms with Crippen molar-refractivity contribution >= 4 is 52.3 Å². The molecule has 1 unspecified atom stereocenters. The van der Waals surface area contributed by atoms with Crippen LogP contribution >= 0.6 is 34.8 Å². The van der Waals surface area contributed by atoms with E-state index in [2.05, 4.69) is 0 Å². The molecule has 1 heterocycles. The van der Waals surface area contributed by atoms with Gasteiger partial charge in [-0.1, -0.05) is 83.3 Å². The first-order valence-corrected chi connectivity index (χ1v) is 13.7. The van der Waals surface area contributed by atoms with Gasteiger partial charge in [0.1, 0.15) is 5.92 Å². The van der Waals surface area contributed by atoms with Crippen LogP contribution in [0.4, 0.5) is 0 Å². The van der Waals surface area contributed by atoms with Crippen LogP contribution in [0.25, 0.3) is 0 Å². The van der Waals surface area contributed by atoms with Crippen LogP contribution in [0.3, 0.4) is 0 Å². The number of nitrogens with zero attached hydrogens (tertiary/aromatic N) is 1. The monoisotopic (exact) mass is 565 g/mol. The first-order valence-electron chi connectivity index (χ1n) is 12.5. The highest BCUT2D eigenvalue weighted by Crippen LogP contribution is 2.47. The molecule has 3 aromatic rings. The number of ketones is 1. The Hall–Kier alpha value is -2.92. The molecule has 7 heteroatoms. The van der Waals surface area contributed by atoms with Crippen LogP contribution in [0.15, 0.2) is 89.1 Å². The van der Waals surface area contributed by atoms with Gasteiger partial charge in [0.05, 0.1) is 16.7 Å². The molecule has 0 fully saturated rings. The third-order valence-corrected chi connectivity index (χ3v) is 8.26. The summed E-state index contributed by atoms with van der Waals surface area (Å²) in [6.45, 7) is 2.06. The van der Waals surface area contributed by atoms with E-state index in [1.54, 1.807) is 12.1 Å². The Morgan fingerprint density at radius 3 is 2.34 bits per heavy atom. The molecule has 38 heavy (non-hydrogen) atoms. The van der Waals surface area contributed by atoms with E-state index in [0.29, 0.717) is 51.3 Å². The van der Waals surface area contributed by atoms with Crippen LogP contribution in [0.1, 0.15) is 48.3 Å². The Morgan fingerprint density at radius 2 is 1.63 bits per heavy atom. The first-order chi connectivity index (χ1) is 18.3. The SMILES string of the molecule is CC1=NC2=C(C(=O)C[C@H](c3ccc(Cl)cc3)C2)[C@@H](c2ccc(Cl)c(Cl)c2)C1C(=O)OCCc1ccccc1. The van der Waals surface area contributed by atoms with Crippen molar-refractivity contribution in [1.82, 2.24) is 0 Å². The Balaban J connectivity index is 1.48. The summed E-state index contributed by atoms with van der Waals surface area (Å²) in [6, 6.07) is 22.7. The van der Waals surface area contributed by atoms with Crippen LogP contribution in [0.2, 0.25) is 15.1 Å². The van der Waals surface area contributed by atoms with E-state index in [9.17, 15) is 9.59 Å². The van der Waals surface area contributed by atoms with Gasteiger partial charge < -0.3 is 4.74 Å². The molecule has 0 bridgehead atoms. The minimum absolute atomic E-state index is 0.0149. The standard InChI is InChI=1S/C31H26Cl3NO3/c1-18-28(31(37)38-14-13-19-5-3-2-4-6-19)29(21-9-12-24(33)25(34)15-21)30-26(35-18)16-22(17-27(30)36)20-7-10-23(32)11-8-20/h2-12,15,22,28-29H,13-14,16-17H2,1H3/t22-,28?,29+/m1/s1. The largest absolute Gasteiger partial charge is 0.465 e. The highest BCUT2D eigenvalue weighted by Gasteiger charge is 2.44. The molecule has 1 aliphatic heterocycles. The van der Waals surface area contributed by atoms with Crippen LogP contribution in [0.5, 0.6) is 0 Å². The van der Waals surface area contributed by atoms with E-state index in [-0.39, 0.29) is 18.3 Å². The number of hydrogen-bond acceptors (Lipinski definition) is 4. The summed E-state index contributed by atoms with van der Waals surface area (Å²) in [5.74, 6) is -1.74. The molecule has 0 saturated heterocycles. The number of rotatable bonds is 6. The molecule has 3 aromatic carbocycles. The number of allylic oxidation sites excluding steroid dienone is 2. The van der Waals surface area contributed by atoms with Crippen molar-refractivity contribution in [2.45, 2.75) is 38.0 Å². The lowest BCUT2D eigenvalue weighted by Gasteiger charge is -2.36. The molecule has 0 N–H and O–H groups in total. The number of benzene rings is 3. The van der Waals surface area contributed by atoms with Crippen molar-refractivity contribution in [3.63, 3.8) is 0 Å². The third kappa shape index (κ3) is 5.58. The Labute approximate surface area is 237 Å². The molecule has 0 radical (unpaired) electrons. The van der Waals surface area contributed by atoms with Gasteiger partial charge in [-0.3, -0.25) is 14.6 Å². The second kappa shape index (κ2) is 11.4. The van der Waals surface area contributed by atoms with Crippen molar-refractivity contribution in [2.75, 3.05) is 6.61 Å². The summed E-state index contributed by atoms with van der Waals surface area (Å²) in [6.07, 6.45) is 1.51. The first kappa shape index (κ1) is 26.7. The molecular formula is C31H26Cl3NO3. The van der Waals surface area contributed by atoms with E-state index in [1.807, 2.05) is 67.6 Å². The second-order valence-corrected chi connectivity index (χ2v) is 11.0. The number of halogens is 3. The molecule has 0 spiro atoms. The molecule has 0 amide bonds. The van der Waals surface area contributed by atoms with Crippen LogP contribution in [-0.2, 0) is 20.7 Å². The fourth-order valence-corrected chi connectivity index (χ4v) is 5.84. The van der Waals surface area contributed by atoms with Crippen molar-refractivity contribution in [2.24, 2.45) is 10.9 Å². The van der Waals surface area contributed by atoms with E-state index in [1.165, 1.54) is 0 Å². The van der Waals surface area contributed by atoms with Gasteiger partial charge in [0.2, 0.25) is 0 Å². The number of hydrogen-bond donors (Lipinski definition) is 0. The number of esters is 1. The number of carbonyl (C=O) groups excluding carboxylic acids is 2. The van der Waals surface area contributed by atoms with Gasteiger partial charge in [0, 0.05) is 40.8 Å². The van der Waals surface area contributed by atoms with E-state index in [0.717, 1.165) is 16.7 Å². The molecule has 194 valence electrons. The zero-order valence-corrected chi connectivity index (χ0v) is 23.1. The highest BCUT2D eigenvalue weighted by atomic mass is 35.5. The predicted octanol–water partition coefficient (Wildman–Crippen LogP) is 8.01. The van der Waals surface area contributed by atoms with E-state index in [4.69, 9.17) is 44.5 Å². The molecule has 4 nitrogen and oxygen atoms in total. The van der Waals surface area contributed by atoms with Gasteiger partial charge in [-0.05, 0) is 60.2 Å². The fourth-order valence-electron chi connectivity index (χ4n) is 5.41. The van der Waals surface area contributed by atoms with Gasteiger partial charge in [0.25, 0.3) is 0 Å². The molecule has 2 aliphatic rings. The normalized spacial score (nSPS) is 21.1. The van der Waals surface area contributed by atoms with Gasteiger partial charge in [-0.15, -0.1) is 0 Å². The highest BCUT2D eigenvalue weighted by molar-refractivity contribution is 6.42. The molecular weight excluding hydrogens is 541 g/mol. The molecule has 3 atom stereocenters. The number of carbonyl (C=O) groups is 2.